The van der Waals surface area contributed by atoms with Crippen LogP contribution >= 0.6 is 0 Å². The van der Waals surface area contributed by atoms with Gasteiger partial charge in [0.1, 0.15) is 5.78 Å². The monoisotopic (exact) mass is 234 g/mol. The molecule has 0 saturated carbocycles. The van der Waals surface area contributed by atoms with E-state index in [-0.39, 0.29) is 10.8 Å². The van der Waals surface area contributed by atoms with Crippen molar-refractivity contribution in [2.45, 2.75) is 54.4 Å². The van der Waals surface area contributed by atoms with Gasteiger partial charge in [-0.3, -0.25) is 4.79 Å². The smallest absolute Gasteiger partial charge is 0.141 e. The second-order valence-electron chi connectivity index (χ2n) is 6.31. The van der Waals surface area contributed by atoms with E-state index < -0.39 is 0 Å². The minimum Gasteiger partial charge on any atom is -0.299 e. The fraction of sp³-hybridized carbons (Fsp3) is 0.688. The predicted octanol–water partition coefficient (Wildman–Crippen LogP) is 4.54. The molecule has 0 aliphatic heterocycles. The first kappa shape index (κ1) is 14.2. The van der Waals surface area contributed by atoms with Crippen LogP contribution in [0.5, 0.6) is 0 Å². The third-order valence-electron chi connectivity index (χ3n) is 4.41. The highest BCUT2D eigenvalue weighted by molar-refractivity contribution is 5.85. The molecule has 1 aliphatic carbocycles. The molecule has 0 heterocycles. The number of hydrogen-bond donors (Lipinski definition) is 0. The Morgan fingerprint density at radius 3 is 2.53 bits per heavy atom. The molecule has 1 nitrogen and oxygen atoms in total. The van der Waals surface area contributed by atoms with Crippen molar-refractivity contribution >= 4 is 5.78 Å². The Kier molecular flexibility index (Phi) is 4.01. The maximum Gasteiger partial charge on any atom is 0.141 e. The van der Waals surface area contributed by atoms with Crippen molar-refractivity contribution in [2.75, 3.05) is 0 Å². The van der Waals surface area contributed by atoms with E-state index in [0.717, 1.165) is 6.42 Å². The summed E-state index contributed by atoms with van der Waals surface area (Å²) >= 11 is 0. The fourth-order valence-electron chi connectivity index (χ4n) is 2.38. The van der Waals surface area contributed by atoms with E-state index in [1.807, 2.05) is 20.8 Å². The first-order chi connectivity index (χ1) is 7.71. The Morgan fingerprint density at radius 2 is 2.12 bits per heavy atom. The molecule has 0 aromatic rings. The zero-order valence-corrected chi connectivity index (χ0v) is 12.1. The van der Waals surface area contributed by atoms with E-state index in [4.69, 9.17) is 0 Å². The molecule has 1 aliphatic rings. The van der Waals surface area contributed by atoms with Crippen molar-refractivity contribution in [2.24, 2.45) is 16.7 Å². The summed E-state index contributed by atoms with van der Waals surface area (Å²) < 4.78 is 0. The summed E-state index contributed by atoms with van der Waals surface area (Å²) in [6, 6.07) is 0. The van der Waals surface area contributed by atoms with E-state index in [1.165, 1.54) is 5.57 Å². The normalized spacial score (nSPS) is 24.1. The molecule has 1 heteroatoms. The fourth-order valence-corrected chi connectivity index (χ4v) is 2.38. The number of rotatable bonds is 4. The SMILES string of the molecule is CCC(=O)C(C)(C)/C=C/[C@@H]1CC=C(C)C1(C)C. The van der Waals surface area contributed by atoms with Crippen LogP contribution in [0, 0.1) is 16.7 Å². The molecule has 0 amide bonds. The highest BCUT2D eigenvalue weighted by Gasteiger charge is 2.33. The van der Waals surface area contributed by atoms with Crippen LogP contribution in [0.2, 0.25) is 0 Å². The van der Waals surface area contributed by atoms with Crippen LogP contribution in [0.3, 0.4) is 0 Å². The van der Waals surface area contributed by atoms with Crippen molar-refractivity contribution < 1.29 is 4.79 Å². The first-order valence-corrected chi connectivity index (χ1v) is 6.61. The zero-order chi connectivity index (χ0) is 13.3. The Balaban J connectivity index is 2.77. The minimum atomic E-state index is -0.318. The largest absolute Gasteiger partial charge is 0.299 e. The van der Waals surface area contributed by atoms with Crippen LogP contribution in [0.1, 0.15) is 54.4 Å². The summed E-state index contributed by atoms with van der Waals surface area (Å²) in [4.78, 5) is 11.8. The van der Waals surface area contributed by atoms with Crippen LogP contribution in [-0.4, -0.2) is 5.78 Å². The summed E-state index contributed by atoms with van der Waals surface area (Å²) in [5.74, 6) is 0.848. The van der Waals surface area contributed by atoms with Crippen molar-refractivity contribution in [1.82, 2.24) is 0 Å². The van der Waals surface area contributed by atoms with Gasteiger partial charge in [-0.15, -0.1) is 0 Å². The van der Waals surface area contributed by atoms with Crippen molar-refractivity contribution in [3.63, 3.8) is 0 Å². The molecule has 0 fully saturated rings. The standard InChI is InChI=1S/C16H26O/c1-7-14(17)15(3,4)11-10-13-9-8-12(2)16(13,5)6/h8,10-11,13H,7,9H2,1-6H3/b11-10+/t13-/m0/s1. The zero-order valence-electron chi connectivity index (χ0n) is 12.1. The summed E-state index contributed by atoms with van der Waals surface area (Å²) in [6.07, 6.45) is 8.40. The van der Waals surface area contributed by atoms with Crippen LogP contribution in [0.4, 0.5) is 0 Å². The lowest BCUT2D eigenvalue weighted by molar-refractivity contribution is -0.124. The average molecular weight is 234 g/mol. The molecular formula is C16H26O. The number of carbonyl (C=O) groups excluding carboxylic acids is 1. The van der Waals surface area contributed by atoms with Gasteiger partial charge in [0, 0.05) is 11.8 Å². The maximum atomic E-state index is 11.8. The number of ketones is 1. The molecule has 0 spiro atoms. The lowest BCUT2D eigenvalue weighted by Crippen LogP contribution is -2.23. The first-order valence-electron chi connectivity index (χ1n) is 6.61. The molecule has 0 saturated heterocycles. The van der Waals surface area contributed by atoms with Crippen LogP contribution in [-0.2, 0) is 4.79 Å². The second-order valence-corrected chi connectivity index (χ2v) is 6.31. The van der Waals surface area contributed by atoms with Gasteiger partial charge in [0.2, 0.25) is 0 Å². The van der Waals surface area contributed by atoms with Gasteiger partial charge >= 0.3 is 0 Å². The van der Waals surface area contributed by atoms with Gasteiger partial charge in [-0.25, -0.2) is 0 Å². The molecule has 1 atom stereocenters. The van der Waals surface area contributed by atoms with E-state index in [1.54, 1.807) is 0 Å². The maximum absolute atomic E-state index is 11.8. The lowest BCUT2D eigenvalue weighted by atomic mass is 9.76. The molecular weight excluding hydrogens is 208 g/mol. The quantitative estimate of drug-likeness (QED) is 0.653. The highest BCUT2D eigenvalue weighted by atomic mass is 16.1. The summed E-state index contributed by atoms with van der Waals surface area (Å²) in [6.45, 7) is 12.7. The molecule has 0 aromatic heterocycles. The van der Waals surface area contributed by atoms with Gasteiger partial charge in [0.15, 0.2) is 0 Å². The third-order valence-corrected chi connectivity index (χ3v) is 4.41. The average Bonchev–Trinajstić information content (AvgIpc) is 2.50. The van der Waals surface area contributed by atoms with Gasteiger partial charge in [0.05, 0.1) is 0 Å². The molecule has 0 unspecified atom stereocenters. The van der Waals surface area contributed by atoms with E-state index >= 15 is 0 Å². The van der Waals surface area contributed by atoms with E-state index in [0.29, 0.717) is 18.1 Å². The van der Waals surface area contributed by atoms with Gasteiger partial charge in [-0.2, -0.15) is 0 Å². The molecule has 0 N–H and O–H groups in total. The van der Waals surface area contributed by atoms with Crippen LogP contribution in [0.25, 0.3) is 0 Å². The van der Waals surface area contributed by atoms with Gasteiger partial charge in [-0.1, -0.05) is 44.6 Å². The van der Waals surface area contributed by atoms with Crippen molar-refractivity contribution in [1.29, 1.82) is 0 Å². The van der Waals surface area contributed by atoms with Gasteiger partial charge in [-0.05, 0) is 38.5 Å². The predicted molar refractivity (Wildman–Crippen MR) is 73.9 cm³/mol. The molecule has 17 heavy (non-hydrogen) atoms. The number of carbonyl (C=O) groups is 1. The topological polar surface area (TPSA) is 17.1 Å². The Hall–Kier alpha value is -0.850. The number of hydrogen-bond acceptors (Lipinski definition) is 1. The van der Waals surface area contributed by atoms with Crippen LogP contribution in [0.15, 0.2) is 23.8 Å². The van der Waals surface area contributed by atoms with Crippen molar-refractivity contribution in [3.05, 3.63) is 23.8 Å². The lowest BCUT2D eigenvalue weighted by Gasteiger charge is -2.28. The summed E-state index contributed by atoms with van der Waals surface area (Å²) in [5.41, 5.74) is 1.38. The van der Waals surface area contributed by atoms with Crippen LogP contribution < -0.4 is 0 Å². The highest BCUT2D eigenvalue weighted by Crippen LogP contribution is 2.44. The molecule has 0 aromatic carbocycles. The number of allylic oxidation sites excluding steroid dienone is 4. The minimum absolute atomic E-state index is 0.238. The van der Waals surface area contributed by atoms with E-state index in [9.17, 15) is 4.79 Å². The second kappa shape index (κ2) is 4.80. The molecule has 0 bridgehead atoms. The molecule has 96 valence electrons. The van der Waals surface area contributed by atoms with Crippen molar-refractivity contribution in [3.8, 4) is 0 Å². The Morgan fingerprint density at radius 1 is 1.53 bits per heavy atom. The molecule has 1 rings (SSSR count). The Labute approximate surface area is 106 Å². The van der Waals surface area contributed by atoms with Gasteiger partial charge < -0.3 is 0 Å². The number of Topliss-reactive ketones (excluding diaryl/α,β-unsaturated/α-hetero) is 1. The van der Waals surface area contributed by atoms with E-state index in [2.05, 4.69) is 39.0 Å². The summed E-state index contributed by atoms with van der Waals surface area (Å²) in [7, 11) is 0. The molecule has 0 radical (unpaired) electrons. The Bertz CT molecular complexity index is 356. The van der Waals surface area contributed by atoms with Gasteiger partial charge in [0.25, 0.3) is 0 Å². The third kappa shape index (κ3) is 2.88. The summed E-state index contributed by atoms with van der Waals surface area (Å²) in [5, 5.41) is 0.